The van der Waals surface area contributed by atoms with Crippen molar-refractivity contribution < 1.29 is 9.53 Å². The number of nitrogens with one attached hydrogen (secondary N) is 1. The van der Waals surface area contributed by atoms with Crippen LogP contribution in [-0.4, -0.2) is 50.1 Å². The van der Waals surface area contributed by atoms with Crippen molar-refractivity contribution in [3.63, 3.8) is 0 Å². The predicted molar refractivity (Wildman–Crippen MR) is 106 cm³/mol. The van der Waals surface area contributed by atoms with Gasteiger partial charge in [-0.3, -0.25) is 9.79 Å². The van der Waals surface area contributed by atoms with Crippen LogP contribution in [0.25, 0.3) is 0 Å². The zero-order chi connectivity index (χ0) is 18.9. The molecule has 0 bridgehead atoms. The predicted octanol–water partition coefficient (Wildman–Crippen LogP) is 2.44. The molecule has 0 saturated carbocycles. The van der Waals surface area contributed by atoms with Crippen LogP contribution >= 0.6 is 11.6 Å². The molecule has 144 valence electrons. The van der Waals surface area contributed by atoms with E-state index in [9.17, 15) is 4.79 Å². The van der Waals surface area contributed by atoms with E-state index in [1.54, 1.807) is 7.11 Å². The van der Waals surface area contributed by atoms with Gasteiger partial charge in [-0.2, -0.15) is 0 Å². The number of carbonyl (C=O) groups is 1. The molecule has 26 heavy (non-hydrogen) atoms. The van der Waals surface area contributed by atoms with Crippen LogP contribution in [0.5, 0.6) is 5.75 Å². The maximum atomic E-state index is 11.2. The largest absolute Gasteiger partial charge is 0.497 e. The first kappa shape index (κ1) is 20.4. The van der Waals surface area contributed by atoms with Gasteiger partial charge in [-0.15, -0.1) is 0 Å². The Balaban J connectivity index is 1.98. The van der Waals surface area contributed by atoms with Gasteiger partial charge >= 0.3 is 0 Å². The van der Waals surface area contributed by atoms with Crippen LogP contribution in [0, 0.1) is 5.92 Å². The molecule has 1 atom stereocenters. The Kier molecular flexibility index (Phi) is 8.04. The number of rotatable bonds is 7. The maximum absolute atomic E-state index is 11.2. The number of piperidine rings is 1. The van der Waals surface area contributed by atoms with Crippen LogP contribution in [0.2, 0.25) is 5.02 Å². The molecule has 0 radical (unpaired) electrons. The summed E-state index contributed by atoms with van der Waals surface area (Å²) >= 11 is 6.30. The molecule has 1 aliphatic heterocycles. The van der Waals surface area contributed by atoms with Crippen LogP contribution in [-0.2, 0) is 11.2 Å². The summed E-state index contributed by atoms with van der Waals surface area (Å²) < 4.78 is 5.18. The number of carbonyl (C=O) groups excluding carboxylic acids is 1. The normalized spacial score (nSPS) is 17.9. The number of nitrogens with zero attached hydrogens (tertiary/aromatic N) is 2. The lowest BCUT2D eigenvalue weighted by molar-refractivity contribution is -0.119. The Morgan fingerprint density at radius 2 is 2.31 bits per heavy atom. The Morgan fingerprint density at radius 1 is 1.50 bits per heavy atom. The molecule has 1 heterocycles. The number of hydrogen-bond donors (Lipinski definition) is 2. The monoisotopic (exact) mass is 380 g/mol. The van der Waals surface area contributed by atoms with Crippen molar-refractivity contribution in [3.05, 3.63) is 28.8 Å². The van der Waals surface area contributed by atoms with Crippen molar-refractivity contribution in [2.45, 2.75) is 32.6 Å². The summed E-state index contributed by atoms with van der Waals surface area (Å²) in [5.74, 6) is 1.73. The molecular weight excluding hydrogens is 352 g/mol. The summed E-state index contributed by atoms with van der Waals surface area (Å²) in [6.07, 6.45) is 3.29. The molecule has 6 nitrogen and oxygen atoms in total. The zero-order valence-corrected chi connectivity index (χ0v) is 16.4. The highest BCUT2D eigenvalue weighted by atomic mass is 35.5. The number of amides is 1. The van der Waals surface area contributed by atoms with Crippen LogP contribution in [0.1, 0.15) is 31.7 Å². The van der Waals surface area contributed by atoms with Crippen molar-refractivity contribution in [2.75, 3.05) is 33.3 Å². The Labute approximate surface area is 160 Å². The van der Waals surface area contributed by atoms with Crippen LogP contribution in [0.3, 0.4) is 0 Å². The molecule has 0 aromatic heterocycles. The molecule has 1 aromatic rings. The van der Waals surface area contributed by atoms with Crippen molar-refractivity contribution in [2.24, 2.45) is 16.6 Å². The Morgan fingerprint density at radius 3 is 2.96 bits per heavy atom. The highest BCUT2D eigenvalue weighted by molar-refractivity contribution is 6.31. The van der Waals surface area contributed by atoms with Gasteiger partial charge in [-0.05, 0) is 49.8 Å². The summed E-state index contributed by atoms with van der Waals surface area (Å²) in [5.41, 5.74) is 6.41. The average Bonchev–Trinajstić information content (AvgIpc) is 2.62. The number of ether oxygens (including phenoxy) is 1. The summed E-state index contributed by atoms with van der Waals surface area (Å²) in [6.45, 7) is 5.27. The average molecular weight is 381 g/mol. The molecule has 0 spiro atoms. The van der Waals surface area contributed by atoms with E-state index in [4.69, 9.17) is 27.1 Å². The lowest BCUT2D eigenvalue weighted by Gasteiger charge is -2.34. The van der Waals surface area contributed by atoms with Crippen LogP contribution < -0.4 is 15.8 Å². The van der Waals surface area contributed by atoms with E-state index in [0.29, 0.717) is 23.9 Å². The van der Waals surface area contributed by atoms with Gasteiger partial charge in [0.2, 0.25) is 5.91 Å². The number of nitrogens with two attached hydrogens (primary N) is 1. The number of methoxy groups -OCH3 is 1. The van der Waals surface area contributed by atoms with Gasteiger partial charge in [0, 0.05) is 37.6 Å². The second-order valence-corrected chi connectivity index (χ2v) is 6.97. The third-order valence-corrected chi connectivity index (χ3v) is 4.90. The van der Waals surface area contributed by atoms with Crippen molar-refractivity contribution in [1.29, 1.82) is 0 Å². The van der Waals surface area contributed by atoms with Gasteiger partial charge in [0.05, 0.1) is 7.11 Å². The quantitative estimate of drug-likeness (QED) is 0.562. The van der Waals surface area contributed by atoms with E-state index in [1.165, 1.54) is 0 Å². The van der Waals surface area contributed by atoms with Gasteiger partial charge in [-0.1, -0.05) is 17.7 Å². The van der Waals surface area contributed by atoms with Gasteiger partial charge in [0.25, 0.3) is 0 Å². The first-order chi connectivity index (χ1) is 12.5. The van der Waals surface area contributed by atoms with Crippen molar-refractivity contribution in [1.82, 2.24) is 10.2 Å². The fourth-order valence-electron chi connectivity index (χ4n) is 3.27. The summed E-state index contributed by atoms with van der Waals surface area (Å²) in [5, 5.41) is 4.05. The van der Waals surface area contributed by atoms with Gasteiger partial charge in [-0.25, -0.2) is 0 Å². The van der Waals surface area contributed by atoms with E-state index in [2.05, 4.69) is 17.1 Å². The molecule has 3 N–H and O–H groups in total. The molecular formula is C19H29ClN4O2. The second kappa shape index (κ2) is 10.3. The fraction of sp³-hybridized carbons (Fsp3) is 0.579. The van der Waals surface area contributed by atoms with Crippen molar-refractivity contribution >= 4 is 23.5 Å². The van der Waals surface area contributed by atoms with Crippen molar-refractivity contribution in [3.8, 4) is 5.75 Å². The highest BCUT2D eigenvalue weighted by Gasteiger charge is 2.23. The van der Waals surface area contributed by atoms with Gasteiger partial charge < -0.3 is 20.7 Å². The summed E-state index contributed by atoms with van der Waals surface area (Å²) in [6, 6.07) is 5.72. The molecule has 1 unspecified atom stereocenters. The second-order valence-electron chi connectivity index (χ2n) is 6.57. The van der Waals surface area contributed by atoms with E-state index in [-0.39, 0.29) is 5.91 Å². The molecule has 1 saturated heterocycles. The minimum absolute atomic E-state index is 0.229. The molecule has 2 rings (SSSR count). The molecule has 1 amide bonds. The van der Waals surface area contributed by atoms with Gasteiger partial charge in [0.1, 0.15) is 5.75 Å². The molecule has 1 aliphatic rings. The standard InChI is InChI=1S/C19H29ClN4O2/c1-3-22-19(24-10-4-5-14(13-24)11-18(21)25)23-9-8-15-6-7-16(26-2)12-17(15)20/h6-7,12,14H,3-5,8-11,13H2,1-2H3,(H2,21,25)(H,22,23). The van der Waals surface area contributed by atoms with Gasteiger partial charge in [0.15, 0.2) is 5.96 Å². The Hall–Kier alpha value is -1.95. The fourth-order valence-corrected chi connectivity index (χ4v) is 3.54. The third-order valence-electron chi connectivity index (χ3n) is 4.55. The van der Waals surface area contributed by atoms with Crippen LogP contribution in [0.15, 0.2) is 23.2 Å². The zero-order valence-electron chi connectivity index (χ0n) is 15.6. The maximum Gasteiger partial charge on any atom is 0.217 e. The summed E-state index contributed by atoms with van der Waals surface area (Å²) in [4.78, 5) is 18.2. The molecule has 1 fully saturated rings. The van der Waals surface area contributed by atoms with E-state index < -0.39 is 0 Å². The molecule has 7 heteroatoms. The van der Waals surface area contributed by atoms with E-state index in [0.717, 1.165) is 56.2 Å². The number of hydrogen-bond acceptors (Lipinski definition) is 3. The number of guanidine groups is 1. The lowest BCUT2D eigenvalue weighted by Crippen LogP contribution is -2.47. The molecule has 1 aromatic carbocycles. The minimum Gasteiger partial charge on any atom is -0.497 e. The molecule has 0 aliphatic carbocycles. The van der Waals surface area contributed by atoms with Crippen LogP contribution in [0.4, 0.5) is 0 Å². The highest BCUT2D eigenvalue weighted by Crippen LogP contribution is 2.23. The number of halogens is 1. The topological polar surface area (TPSA) is 80.0 Å². The first-order valence-electron chi connectivity index (χ1n) is 9.17. The summed E-state index contributed by atoms with van der Waals surface area (Å²) in [7, 11) is 1.63. The SMILES string of the molecule is CCNC(=NCCc1ccc(OC)cc1Cl)N1CCCC(CC(N)=O)C1. The number of likely N-dealkylation sites (tertiary alicyclic amines) is 1. The Bertz CT molecular complexity index is 636. The number of aliphatic imine (C=N–C) groups is 1. The smallest absolute Gasteiger partial charge is 0.217 e. The van der Waals surface area contributed by atoms with E-state index in [1.807, 2.05) is 18.2 Å². The number of primary amides is 1. The minimum atomic E-state index is -0.229. The van der Waals surface area contributed by atoms with E-state index >= 15 is 0 Å². The third kappa shape index (κ3) is 6.09. The lowest BCUT2D eigenvalue weighted by atomic mass is 9.95. The first-order valence-corrected chi connectivity index (χ1v) is 9.55. The number of benzene rings is 1.